The molecule has 0 bridgehead atoms. The zero-order valence-corrected chi connectivity index (χ0v) is 14.5. The molecule has 2 amide bonds. The monoisotopic (exact) mass is 344 g/mol. The summed E-state index contributed by atoms with van der Waals surface area (Å²) >= 11 is 1.44. The Morgan fingerprint density at radius 2 is 1.62 bits per heavy atom. The normalized spacial score (nSPS) is 10.2. The minimum Gasteiger partial charge on any atom is -0.326 e. The Kier molecular flexibility index (Phi) is 6.26. The summed E-state index contributed by atoms with van der Waals surface area (Å²) in [6, 6.07) is 10.6. The van der Waals surface area contributed by atoms with E-state index < -0.39 is 0 Å². The van der Waals surface area contributed by atoms with E-state index in [0.29, 0.717) is 22.7 Å². The fraction of sp³-hybridized carbons (Fsp3) is 0.278. The van der Waals surface area contributed by atoms with E-state index in [9.17, 15) is 14.4 Å². The first-order valence-corrected chi connectivity index (χ1v) is 8.59. The second-order valence-corrected chi connectivity index (χ2v) is 6.65. The minimum atomic E-state index is -0.226. The number of hydrogen-bond donors (Lipinski definition) is 2. The van der Waals surface area contributed by atoms with Crippen LogP contribution in [-0.4, -0.2) is 17.6 Å². The van der Waals surface area contributed by atoms with Crippen LogP contribution in [0.1, 0.15) is 40.7 Å². The lowest BCUT2D eigenvalue weighted by molar-refractivity contribution is -0.116. The first-order valence-electron chi connectivity index (χ1n) is 7.77. The lowest BCUT2D eigenvalue weighted by Gasteiger charge is -2.08. The van der Waals surface area contributed by atoms with Crippen LogP contribution in [0.25, 0.3) is 0 Å². The van der Waals surface area contributed by atoms with Gasteiger partial charge in [-0.15, -0.1) is 11.3 Å². The molecule has 0 radical (unpaired) electrons. The van der Waals surface area contributed by atoms with E-state index in [0.717, 1.165) is 4.88 Å². The van der Waals surface area contributed by atoms with Crippen LogP contribution in [0.5, 0.6) is 0 Å². The lowest BCUT2D eigenvalue weighted by atomic mass is 10.2. The Morgan fingerprint density at radius 3 is 2.21 bits per heavy atom. The Morgan fingerprint density at radius 1 is 0.958 bits per heavy atom. The van der Waals surface area contributed by atoms with Gasteiger partial charge in [-0.2, -0.15) is 0 Å². The van der Waals surface area contributed by atoms with Crippen molar-refractivity contribution in [3.8, 4) is 0 Å². The van der Waals surface area contributed by atoms with Crippen molar-refractivity contribution in [3.63, 3.8) is 0 Å². The van der Waals surface area contributed by atoms with Gasteiger partial charge in [-0.3, -0.25) is 14.4 Å². The molecule has 24 heavy (non-hydrogen) atoms. The number of nitrogens with one attached hydrogen (secondary N) is 2. The highest BCUT2D eigenvalue weighted by Crippen LogP contribution is 2.18. The molecule has 1 heterocycles. The summed E-state index contributed by atoms with van der Waals surface area (Å²) < 4.78 is 0. The molecule has 0 atom stereocenters. The van der Waals surface area contributed by atoms with Gasteiger partial charge >= 0.3 is 0 Å². The second-order valence-electron chi connectivity index (χ2n) is 5.36. The zero-order valence-electron chi connectivity index (χ0n) is 13.7. The van der Waals surface area contributed by atoms with Gasteiger partial charge in [-0.1, -0.05) is 13.0 Å². The van der Waals surface area contributed by atoms with Crippen molar-refractivity contribution in [2.75, 3.05) is 10.6 Å². The number of carbonyl (C=O) groups excluding carboxylic acids is 3. The summed E-state index contributed by atoms with van der Waals surface area (Å²) in [6.07, 6.45) is 0.695. The topological polar surface area (TPSA) is 75.3 Å². The van der Waals surface area contributed by atoms with Crippen LogP contribution in [0.15, 0.2) is 36.4 Å². The largest absolute Gasteiger partial charge is 0.326 e. The smallest absolute Gasteiger partial charge is 0.224 e. The van der Waals surface area contributed by atoms with Crippen LogP contribution in [0.4, 0.5) is 11.4 Å². The number of benzene rings is 1. The van der Waals surface area contributed by atoms with Crippen molar-refractivity contribution in [1.29, 1.82) is 0 Å². The number of Topliss-reactive ketones (excluding diaryl/α,β-unsaturated/α-hetero) is 1. The standard InChI is InChI=1S/C18H20N2O3S/c1-3-17(22)19-13-5-4-6-14(11-13)20-18(23)10-8-15(21)16-9-7-12(2)24-16/h4-7,9,11H,3,8,10H2,1-2H3,(H,19,22)(H,20,23). The van der Waals surface area contributed by atoms with Crippen molar-refractivity contribution < 1.29 is 14.4 Å². The molecule has 0 spiro atoms. The maximum absolute atomic E-state index is 12.0. The fourth-order valence-corrected chi connectivity index (χ4v) is 2.92. The summed E-state index contributed by atoms with van der Waals surface area (Å²) in [6.45, 7) is 3.71. The van der Waals surface area contributed by atoms with Crippen molar-refractivity contribution in [2.24, 2.45) is 0 Å². The van der Waals surface area contributed by atoms with Crippen molar-refractivity contribution in [2.45, 2.75) is 33.1 Å². The molecule has 0 unspecified atom stereocenters. The molecule has 126 valence electrons. The van der Waals surface area contributed by atoms with E-state index >= 15 is 0 Å². The van der Waals surface area contributed by atoms with E-state index in [4.69, 9.17) is 0 Å². The third-order valence-corrected chi connectivity index (χ3v) is 4.39. The predicted octanol–water partition coefficient (Wildman–Crippen LogP) is 4.01. The maximum atomic E-state index is 12.0. The Hall–Kier alpha value is -2.47. The molecule has 1 aromatic heterocycles. The quantitative estimate of drug-likeness (QED) is 0.745. The molecule has 0 aliphatic rings. The number of ketones is 1. The number of thiophene rings is 1. The first kappa shape index (κ1) is 17.9. The summed E-state index contributed by atoms with van der Waals surface area (Å²) in [5, 5.41) is 5.48. The van der Waals surface area contributed by atoms with Crippen LogP contribution in [0.3, 0.4) is 0 Å². The van der Waals surface area contributed by atoms with E-state index in [1.807, 2.05) is 13.0 Å². The second kappa shape index (κ2) is 8.40. The van der Waals surface area contributed by atoms with Gasteiger partial charge in [0.25, 0.3) is 0 Å². The summed E-state index contributed by atoms with van der Waals surface area (Å²) in [4.78, 5) is 37.2. The number of aryl methyl sites for hydroxylation is 1. The van der Waals surface area contributed by atoms with Gasteiger partial charge in [0.15, 0.2) is 5.78 Å². The summed E-state index contributed by atoms with van der Waals surface area (Å²) in [5.41, 5.74) is 1.22. The number of anilines is 2. The third kappa shape index (κ3) is 5.31. The molecule has 0 aliphatic carbocycles. The lowest BCUT2D eigenvalue weighted by Crippen LogP contribution is -2.14. The number of amides is 2. The van der Waals surface area contributed by atoms with Crippen LogP contribution in [-0.2, 0) is 9.59 Å². The number of rotatable bonds is 7. The van der Waals surface area contributed by atoms with Gasteiger partial charge in [0.2, 0.25) is 11.8 Å². The molecule has 5 nitrogen and oxygen atoms in total. The summed E-state index contributed by atoms with van der Waals surface area (Å²) in [7, 11) is 0. The highest BCUT2D eigenvalue weighted by molar-refractivity contribution is 7.14. The van der Waals surface area contributed by atoms with E-state index in [-0.39, 0.29) is 30.4 Å². The SMILES string of the molecule is CCC(=O)Nc1cccc(NC(=O)CCC(=O)c2ccc(C)s2)c1. The van der Waals surface area contributed by atoms with Gasteiger partial charge in [0, 0.05) is 35.5 Å². The Balaban J connectivity index is 1.87. The Bertz CT molecular complexity index is 752. The molecular weight excluding hydrogens is 324 g/mol. The highest BCUT2D eigenvalue weighted by atomic mass is 32.1. The van der Waals surface area contributed by atoms with E-state index in [1.165, 1.54) is 11.3 Å². The molecule has 0 fully saturated rings. The van der Waals surface area contributed by atoms with Crippen molar-refractivity contribution >= 4 is 40.3 Å². The summed E-state index contributed by atoms with van der Waals surface area (Å²) in [5.74, 6) is -0.335. The number of hydrogen-bond acceptors (Lipinski definition) is 4. The molecule has 2 N–H and O–H groups in total. The third-order valence-electron chi connectivity index (χ3n) is 3.35. The molecule has 0 aliphatic heterocycles. The first-order chi connectivity index (χ1) is 11.5. The molecular formula is C18H20N2O3S. The van der Waals surface area contributed by atoms with Crippen LogP contribution < -0.4 is 10.6 Å². The van der Waals surface area contributed by atoms with Crippen molar-refractivity contribution in [1.82, 2.24) is 0 Å². The molecule has 6 heteroatoms. The van der Waals surface area contributed by atoms with Crippen LogP contribution in [0, 0.1) is 6.92 Å². The number of carbonyl (C=O) groups is 3. The van der Waals surface area contributed by atoms with E-state index in [1.54, 1.807) is 37.3 Å². The van der Waals surface area contributed by atoms with Crippen molar-refractivity contribution in [3.05, 3.63) is 46.2 Å². The van der Waals surface area contributed by atoms with E-state index in [2.05, 4.69) is 10.6 Å². The average molecular weight is 344 g/mol. The minimum absolute atomic E-state index is 0.0211. The van der Waals surface area contributed by atoms with Gasteiger partial charge < -0.3 is 10.6 Å². The van der Waals surface area contributed by atoms with Gasteiger partial charge in [0.1, 0.15) is 0 Å². The van der Waals surface area contributed by atoms with Crippen LogP contribution in [0.2, 0.25) is 0 Å². The van der Waals surface area contributed by atoms with Gasteiger partial charge in [-0.05, 0) is 37.3 Å². The predicted molar refractivity (Wildman–Crippen MR) is 96.6 cm³/mol. The maximum Gasteiger partial charge on any atom is 0.224 e. The molecule has 2 rings (SSSR count). The molecule has 1 aromatic carbocycles. The molecule has 0 saturated heterocycles. The van der Waals surface area contributed by atoms with Gasteiger partial charge in [-0.25, -0.2) is 0 Å². The Labute approximate surface area is 145 Å². The highest BCUT2D eigenvalue weighted by Gasteiger charge is 2.11. The van der Waals surface area contributed by atoms with Crippen LogP contribution >= 0.6 is 11.3 Å². The van der Waals surface area contributed by atoms with Gasteiger partial charge in [0.05, 0.1) is 4.88 Å². The fourth-order valence-electron chi connectivity index (χ4n) is 2.08. The zero-order chi connectivity index (χ0) is 17.5. The molecule has 0 saturated carbocycles. The average Bonchev–Trinajstić information content (AvgIpc) is 2.99. The molecule has 2 aromatic rings.